The predicted molar refractivity (Wildman–Crippen MR) is 95.4 cm³/mol. The van der Waals surface area contributed by atoms with E-state index in [9.17, 15) is 9.59 Å². The van der Waals surface area contributed by atoms with E-state index in [1.165, 1.54) is 0 Å². The predicted octanol–water partition coefficient (Wildman–Crippen LogP) is 3.62. The first-order valence-corrected chi connectivity index (χ1v) is 8.47. The van der Waals surface area contributed by atoms with Gasteiger partial charge < -0.3 is 14.4 Å². The van der Waals surface area contributed by atoms with Gasteiger partial charge in [-0.2, -0.15) is 0 Å². The number of fused-ring (bicyclic) bond motifs is 1. The van der Waals surface area contributed by atoms with Crippen molar-refractivity contribution in [3.8, 4) is 11.5 Å². The lowest BCUT2D eigenvalue weighted by molar-refractivity contribution is -0.134. The topological polar surface area (TPSA) is 55.8 Å². The summed E-state index contributed by atoms with van der Waals surface area (Å²) < 4.78 is 10.7. The Morgan fingerprint density at radius 3 is 2.88 bits per heavy atom. The molecule has 3 rings (SSSR count). The maximum atomic E-state index is 12.1. The monoisotopic (exact) mass is 359 g/mol. The van der Waals surface area contributed by atoms with Crippen LogP contribution in [0.4, 0.5) is 5.69 Å². The lowest BCUT2D eigenvalue weighted by atomic mass is 10.1. The van der Waals surface area contributed by atoms with E-state index in [-0.39, 0.29) is 25.5 Å². The van der Waals surface area contributed by atoms with Crippen LogP contribution in [0.2, 0.25) is 5.02 Å². The summed E-state index contributed by atoms with van der Waals surface area (Å²) in [7, 11) is 0. The van der Waals surface area contributed by atoms with Gasteiger partial charge in [-0.25, -0.2) is 0 Å². The molecule has 6 heteroatoms. The number of benzene rings is 2. The molecule has 5 nitrogen and oxygen atoms in total. The van der Waals surface area contributed by atoms with Crippen LogP contribution in [0.3, 0.4) is 0 Å². The molecule has 0 bridgehead atoms. The number of halogens is 1. The van der Waals surface area contributed by atoms with Crippen LogP contribution < -0.4 is 14.4 Å². The smallest absolute Gasteiger partial charge is 0.312 e. The van der Waals surface area contributed by atoms with Crippen molar-refractivity contribution in [2.24, 2.45) is 0 Å². The number of carbonyl (C=O) groups excluding carboxylic acids is 2. The highest BCUT2D eigenvalue weighted by atomic mass is 35.5. The Bertz CT molecular complexity index is 806. The van der Waals surface area contributed by atoms with Crippen LogP contribution >= 0.6 is 11.6 Å². The second kappa shape index (κ2) is 7.57. The SMILES string of the molecule is CCc1cc(OC(=O)CCN2C(=O)COc3ccccc32)ccc1Cl. The van der Waals surface area contributed by atoms with Gasteiger partial charge in [0.2, 0.25) is 0 Å². The van der Waals surface area contributed by atoms with Crippen LogP contribution in [0.25, 0.3) is 0 Å². The average molecular weight is 360 g/mol. The van der Waals surface area contributed by atoms with E-state index in [4.69, 9.17) is 21.1 Å². The van der Waals surface area contributed by atoms with E-state index in [0.29, 0.717) is 22.2 Å². The van der Waals surface area contributed by atoms with E-state index >= 15 is 0 Å². The van der Waals surface area contributed by atoms with Crippen molar-refractivity contribution in [3.05, 3.63) is 53.1 Å². The summed E-state index contributed by atoms with van der Waals surface area (Å²) in [6.45, 7) is 2.20. The number of nitrogens with zero attached hydrogens (tertiary/aromatic N) is 1. The summed E-state index contributed by atoms with van der Waals surface area (Å²) in [6, 6.07) is 12.4. The molecule has 0 aromatic heterocycles. The summed E-state index contributed by atoms with van der Waals surface area (Å²) >= 11 is 6.06. The Kier molecular flexibility index (Phi) is 5.24. The Morgan fingerprint density at radius 2 is 2.08 bits per heavy atom. The highest BCUT2D eigenvalue weighted by Crippen LogP contribution is 2.31. The Hall–Kier alpha value is -2.53. The molecular formula is C19H18ClNO4. The minimum Gasteiger partial charge on any atom is -0.482 e. The number of ether oxygens (including phenoxy) is 2. The lowest BCUT2D eigenvalue weighted by Crippen LogP contribution is -2.40. The molecule has 130 valence electrons. The first-order chi connectivity index (χ1) is 12.1. The summed E-state index contributed by atoms with van der Waals surface area (Å²) in [5.41, 5.74) is 1.59. The molecule has 1 heterocycles. The molecule has 1 aliphatic heterocycles. The Labute approximate surface area is 151 Å². The summed E-state index contributed by atoms with van der Waals surface area (Å²) in [5.74, 6) is 0.521. The number of aryl methyl sites for hydroxylation is 1. The van der Waals surface area contributed by atoms with Crippen molar-refractivity contribution in [3.63, 3.8) is 0 Å². The third-order valence-corrected chi connectivity index (χ3v) is 4.35. The van der Waals surface area contributed by atoms with Crippen LogP contribution in [0.5, 0.6) is 11.5 Å². The molecule has 1 aliphatic rings. The maximum absolute atomic E-state index is 12.1. The van der Waals surface area contributed by atoms with E-state index in [1.807, 2.05) is 19.1 Å². The van der Waals surface area contributed by atoms with E-state index in [2.05, 4.69) is 0 Å². The number of rotatable bonds is 5. The van der Waals surface area contributed by atoms with Crippen molar-refractivity contribution >= 4 is 29.2 Å². The summed E-state index contributed by atoms with van der Waals surface area (Å²) in [4.78, 5) is 25.8. The number of anilines is 1. The van der Waals surface area contributed by atoms with Crippen LogP contribution in [-0.4, -0.2) is 25.0 Å². The van der Waals surface area contributed by atoms with Crippen molar-refractivity contribution in [1.29, 1.82) is 0 Å². The molecule has 0 radical (unpaired) electrons. The number of para-hydroxylation sites is 2. The van der Waals surface area contributed by atoms with Crippen molar-refractivity contribution in [2.45, 2.75) is 19.8 Å². The minimum atomic E-state index is -0.402. The number of carbonyl (C=O) groups is 2. The molecular weight excluding hydrogens is 342 g/mol. The van der Waals surface area contributed by atoms with Gasteiger partial charge in [0.05, 0.1) is 12.1 Å². The molecule has 0 atom stereocenters. The van der Waals surface area contributed by atoms with Gasteiger partial charge in [-0.3, -0.25) is 9.59 Å². The van der Waals surface area contributed by atoms with Crippen LogP contribution in [-0.2, 0) is 16.0 Å². The zero-order valence-corrected chi connectivity index (χ0v) is 14.6. The van der Waals surface area contributed by atoms with Crippen LogP contribution in [0.1, 0.15) is 18.9 Å². The number of amides is 1. The fourth-order valence-electron chi connectivity index (χ4n) is 2.67. The highest BCUT2D eigenvalue weighted by molar-refractivity contribution is 6.31. The Balaban J connectivity index is 1.64. The molecule has 0 N–H and O–H groups in total. The van der Waals surface area contributed by atoms with Gasteiger partial charge in [0.1, 0.15) is 11.5 Å². The third-order valence-electron chi connectivity index (χ3n) is 3.98. The quantitative estimate of drug-likeness (QED) is 0.604. The lowest BCUT2D eigenvalue weighted by Gasteiger charge is -2.28. The first-order valence-electron chi connectivity index (χ1n) is 8.09. The van der Waals surface area contributed by atoms with Gasteiger partial charge in [0.15, 0.2) is 6.61 Å². The maximum Gasteiger partial charge on any atom is 0.312 e. The number of esters is 1. The van der Waals surface area contributed by atoms with Gasteiger partial charge in [0, 0.05) is 11.6 Å². The number of hydrogen-bond acceptors (Lipinski definition) is 4. The zero-order chi connectivity index (χ0) is 17.8. The van der Waals surface area contributed by atoms with Crippen molar-refractivity contribution in [2.75, 3.05) is 18.1 Å². The first kappa shape index (κ1) is 17.3. The second-order valence-corrected chi connectivity index (χ2v) is 6.04. The van der Waals surface area contributed by atoms with Gasteiger partial charge in [-0.1, -0.05) is 30.7 Å². The van der Waals surface area contributed by atoms with Gasteiger partial charge in [-0.15, -0.1) is 0 Å². The summed E-state index contributed by atoms with van der Waals surface area (Å²) in [6.07, 6.45) is 0.841. The molecule has 0 aliphatic carbocycles. The van der Waals surface area contributed by atoms with E-state index < -0.39 is 5.97 Å². The molecule has 0 unspecified atom stereocenters. The molecule has 0 spiro atoms. The largest absolute Gasteiger partial charge is 0.482 e. The summed E-state index contributed by atoms with van der Waals surface area (Å²) in [5, 5.41) is 0.651. The average Bonchev–Trinajstić information content (AvgIpc) is 2.62. The van der Waals surface area contributed by atoms with Crippen LogP contribution in [0, 0.1) is 0 Å². The minimum absolute atomic E-state index is 0.0247. The second-order valence-electron chi connectivity index (χ2n) is 5.63. The molecule has 0 saturated carbocycles. The fraction of sp³-hybridized carbons (Fsp3) is 0.263. The van der Waals surface area contributed by atoms with E-state index in [0.717, 1.165) is 12.0 Å². The highest BCUT2D eigenvalue weighted by Gasteiger charge is 2.25. The standard InChI is InChI=1S/C19H18ClNO4/c1-2-13-11-14(7-8-15(13)20)25-19(23)9-10-21-16-5-3-4-6-17(16)24-12-18(21)22/h3-8,11H,2,9-10,12H2,1H3. The molecule has 0 saturated heterocycles. The van der Waals surface area contributed by atoms with E-state index in [1.54, 1.807) is 35.2 Å². The van der Waals surface area contributed by atoms with Crippen molar-refractivity contribution in [1.82, 2.24) is 0 Å². The molecule has 0 fully saturated rings. The van der Waals surface area contributed by atoms with Gasteiger partial charge >= 0.3 is 5.97 Å². The molecule has 25 heavy (non-hydrogen) atoms. The van der Waals surface area contributed by atoms with Gasteiger partial charge in [0.25, 0.3) is 5.91 Å². The fourth-order valence-corrected chi connectivity index (χ4v) is 2.92. The van der Waals surface area contributed by atoms with Gasteiger partial charge in [-0.05, 0) is 42.3 Å². The van der Waals surface area contributed by atoms with Crippen LogP contribution in [0.15, 0.2) is 42.5 Å². The molecule has 1 amide bonds. The normalized spacial score (nSPS) is 13.2. The third kappa shape index (κ3) is 3.94. The molecule has 2 aromatic rings. The molecule has 2 aromatic carbocycles. The zero-order valence-electron chi connectivity index (χ0n) is 13.8. The number of hydrogen-bond donors (Lipinski definition) is 0. The Morgan fingerprint density at radius 1 is 1.28 bits per heavy atom. The van der Waals surface area contributed by atoms with Crippen molar-refractivity contribution < 1.29 is 19.1 Å².